The number of anilines is 2. The van der Waals surface area contributed by atoms with Crippen LogP contribution < -0.4 is 15.4 Å². The van der Waals surface area contributed by atoms with Gasteiger partial charge in [-0.25, -0.2) is 4.98 Å². The second kappa shape index (κ2) is 7.00. The van der Waals surface area contributed by atoms with E-state index in [9.17, 15) is 0 Å². The van der Waals surface area contributed by atoms with Gasteiger partial charge in [0.2, 0.25) is 5.88 Å². The van der Waals surface area contributed by atoms with Crippen LogP contribution in [0.2, 0.25) is 0 Å². The van der Waals surface area contributed by atoms with Gasteiger partial charge in [-0.05, 0) is 6.07 Å². The van der Waals surface area contributed by atoms with Crippen molar-refractivity contribution in [3.05, 3.63) is 12.3 Å². The zero-order valence-electron chi connectivity index (χ0n) is 9.51. The molecular weight excluding hydrogens is 178 g/mol. The molecule has 1 aromatic heterocycles. The first-order valence-electron chi connectivity index (χ1n) is 4.72. The summed E-state index contributed by atoms with van der Waals surface area (Å²) in [4.78, 5) is 4.05. The van der Waals surface area contributed by atoms with Crippen molar-refractivity contribution in [3.63, 3.8) is 0 Å². The maximum Gasteiger partial charge on any atom is 0.239 e. The van der Waals surface area contributed by atoms with Gasteiger partial charge in [-0.15, -0.1) is 0 Å². The molecule has 0 amide bonds. The fourth-order valence-corrected chi connectivity index (χ4v) is 1.05. The molecule has 1 rings (SSSR count). The maximum absolute atomic E-state index is 5.07. The first-order valence-corrected chi connectivity index (χ1v) is 4.72. The number of hydrogen-bond acceptors (Lipinski definition) is 4. The highest BCUT2D eigenvalue weighted by molar-refractivity contribution is 5.72. The first-order chi connectivity index (χ1) is 6.83. The largest absolute Gasteiger partial charge is 0.479 e. The fourth-order valence-electron chi connectivity index (χ4n) is 1.05. The molecule has 2 N–H and O–H groups in total. The molecule has 0 bridgehead atoms. The molecule has 0 saturated heterocycles. The van der Waals surface area contributed by atoms with Crippen molar-refractivity contribution in [2.45, 2.75) is 13.8 Å². The normalized spacial score (nSPS) is 8.36. The molecule has 1 aromatic rings. The number of ether oxygens (including phenoxy) is 1. The number of pyridine rings is 1. The van der Waals surface area contributed by atoms with Crippen molar-refractivity contribution < 1.29 is 4.74 Å². The smallest absolute Gasteiger partial charge is 0.239 e. The number of aromatic nitrogens is 1. The molecular formula is C10H19N3O. The molecule has 0 aliphatic carbocycles. The molecule has 0 aliphatic rings. The Labute approximate surface area is 85.7 Å². The summed E-state index contributed by atoms with van der Waals surface area (Å²) in [6, 6.07) is 1.88. The van der Waals surface area contributed by atoms with Gasteiger partial charge in [-0.3, -0.25) is 0 Å². The van der Waals surface area contributed by atoms with Gasteiger partial charge in [0.05, 0.1) is 12.8 Å². The minimum absolute atomic E-state index is 0.601. The number of nitrogens with zero attached hydrogens (tertiary/aromatic N) is 1. The molecule has 0 radical (unpaired) electrons. The predicted octanol–water partition coefficient (Wildman–Crippen LogP) is 2.20. The topological polar surface area (TPSA) is 46.2 Å². The molecule has 0 saturated carbocycles. The molecule has 4 nitrogen and oxygen atoms in total. The molecule has 0 aromatic carbocycles. The zero-order valence-corrected chi connectivity index (χ0v) is 9.51. The van der Waals surface area contributed by atoms with Crippen LogP contribution in [0.25, 0.3) is 0 Å². The third-order valence-corrected chi connectivity index (χ3v) is 1.63. The predicted molar refractivity (Wildman–Crippen MR) is 61.2 cm³/mol. The quantitative estimate of drug-likeness (QED) is 0.779. The van der Waals surface area contributed by atoms with Crippen molar-refractivity contribution >= 4 is 11.4 Å². The number of methoxy groups -OCH3 is 1. The molecule has 0 aliphatic heterocycles. The van der Waals surface area contributed by atoms with Gasteiger partial charge in [-0.1, -0.05) is 13.8 Å². The summed E-state index contributed by atoms with van der Waals surface area (Å²) in [7, 11) is 5.29. The Morgan fingerprint density at radius 1 is 1.21 bits per heavy atom. The van der Waals surface area contributed by atoms with Gasteiger partial charge < -0.3 is 15.4 Å². The molecule has 80 valence electrons. The Morgan fingerprint density at radius 2 is 1.86 bits per heavy atom. The van der Waals surface area contributed by atoms with Gasteiger partial charge in [0.1, 0.15) is 5.69 Å². The highest BCUT2D eigenvalue weighted by Gasteiger charge is 2.05. The van der Waals surface area contributed by atoms with Crippen molar-refractivity contribution in [2.24, 2.45) is 0 Å². The lowest BCUT2D eigenvalue weighted by molar-refractivity contribution is 0.400. The summed E-state index contributed by atoms with van der Waals surface area (Å²) >= 11 is 0. The van der Waals surface area contributed by atoms with Crippen LogP contribution in [0.15, 0.2) is 12.3 Å². The maximum atomic E-state index is 5.07. The minimum atomic E-state index is 0.601. The molecule has 0 spiro atoms. The second-order valence-corrected chi connectivity index (χ2v) is 2.24. The molecule has 14 heavy (non-hydrogen) atoms. The summed E-state index contributed by atoms with van der Waals surface area (Å²) in [5.41, 5.74) is 1.85. The highest BCUT2D eigenvalue weighted by atomic mass is 16.5. The van der Waals surface area contributed by atoms with Crippen LogP contribution in [0.3, 0.4) is 0 Å². The van der Waals surface area contributed by atoms with Gasteiger partial charge in [0, 0.05) is 20.3 Å². The van der Waals surface area contributed by atoms with Crippen LogP contribution in [0.1, 0.15) is 13.8 Å². The lowest BCUT2D eigenvalue weighted by Crippen LogP contribution is -2.00. The average molecular weight is 197 g/mol. The van der Waals surface area contributed by atoms with E-state index in [1.54, 1.807) is 13.3 Å². The third-order valence-electron chi connectivity index (χ3n) is 1.63. The van der Waals surface area contributed by atoms with Crippen molar-refractivity contribution in [3.8, 4) is 5.88 Å². The van der Waals surface area contributed by atoms with E-state index in [0.717, 1.165) is 11.4 Å². The van der Waals surface area contributed by atoms with Crippen molar-refractivity contribution in [2.75, 3.05) is 31.8 Å². The van der Waals surface area contributed by atoms with E-state index in [1.807, 2.05) is 34.0 Å². The monoisotopic (exact) mass is 197 g/mol. The molecule has 4 heteroatoms. The second-order valence-electron chi connectivity index (χ2n) is 2.24. The Balaban J connectivity index is 0.000000791. The highest BCUT2D eigenvalue weighted by Crippen LogP contribution is 2.28. The number of rotatable bonds is 3. The molecule has 0 atom stereocenters. The summed E-state index contributed by atoms with van der Waals surface area (Å²) in [5.74, 6) is 0.601. The van der Waals surface area contributed by atoms with Crippen LogP contribution in [0, 0.1) is 0 Å². The summed E-state index contributed by atoms with van der Waals surface area (Å²) in [5, 5.41) is 6.05. The van der Waals surface area contributed by atoms with Gasteiger partial charge in [0.25, 0.3) is 0 Å². The van der Waals surface area contributed by atoms with Crippen molar-refractivity contribution in [1.82, 2.24) is 4.98 Å². The summed E-state index contributed by atoms with van der Waals surface area (Å²) in [6.45, 7) is 4.00. The molecule has 1 heterocycles. The van der Waals surface area contributed by atoms with E-state index in [1.165, 1.54) is 0 Å². The standard InChI is InChI=1S/C8H13N3O.C2H6/c1-9-6-4-5-11-8(12-3)7(6)10-2;1-2/h4-5,10H,1-3H3,(H,9,11);1-2H3. The fraction of sp³-hybridized carbons (Fsp3) is 0.500. The van der Waals surface area contributed by atoms with Gasteiger partial charge >= 0.3 is 0 Å². The van der Waals surface area contributed by atoms with Crippen LogP contribution in [0.5, 0.6) is 5.88 Å². The third kappa shape index (κ3) is 2.80. The minimum Gasteiger partial charge on any atom is -0.479 e. The first kappa shape index (κ1) is 12.6. The van der Waals surface area contributed by atoms with E-state index in [4.69, 9.17) is 4.74 Å². The van der Waals surface area contributed by atoms with Crippen LogP contribution >= 0.6 is 0 Å². The van der Waals surface area contributed by atoms with E-state index in [-0.39, 0.29) is 0 Å². The van der Waals surface area contributed by atoms with Crippen LogP contribution in [0.4, 0.5) is 11.4 Å². The average Bonchev–Trinajstić information content (AvgIpc) is 2.30. The zero-order chi connectivity index (χ0) is 11.0. The summed E-state index contributed by atoms with van der Waals surface area (Å²) < 4.78 is 5.07. The van der Waals surface area contributed by atoms with E-state index < -0.39 is 0 Å². The molecule has 0 unspecified atom stereocenters. The van der Waals surface area contributed by atoms with Crippen LogP contribution in [-0.4, -0.2) is 26.2 Å². The lowest BCUT2D eigenvalue weighted by Gasteiger charge is -2.10. The Kier molecular flexibility index (Phi) is 6.28. The summed E-state index contributed by atoms with van der Waals surface area (Å²) in [6.07, 6.45) is 1.70. The Morgan fingerprint density at radius 3 is 2.29 bits per heavy atom. The number of nitrogens with one attached hydrogen (secondary N) is 2. The molecule has 0 fully saturated rings. The van der Waals surface area contributed by atoms with Crippen molar-refractivity contribution in [1.29, 1.82) is 0 Å². The lowest BCUT2D eigenvalue weighted by atomic mass is 10.3. The van der Waals surface area contributed by atoms with E-state index in [0.29, 0.717) is 5.88 Å². The number of hydrogen-bond donors (Lipinski definition) is 2. The van der Waals surface area contributed by atoms with Gasteiger partial charge in [0.15, 0.2) is 0 Å². The van der Waals surface area contributed by atoms with E-state index >= 15 is 0 Å². The Bertz CT molecular complexity index is 241. The SMILES string of the molecule is CC.CNc1ccnc(OC)c1NC. The Hall–Kier alpha value is -1.45. The van der Waals surface area contributed by atoms with E-state index in [2.05, 4.69) is 15.6 Å². The van der Waals surface area contributed by atoms with Gasteiger partial charge in [-0.2, -0.15) is 0 Å². The van der Waals surface area contributed by atoms with Crippen LogP contribution in [-0.2, 0) is 0 Å².